The van der Waals surface area contributed by atoms with E-state index in [1.807, 2.05) is 32.0 Å². The monoisotopic (exact) mass is 389 g/mol. The first-order valence-electron chi connectivity index (χ1n) is 8.13. The number of anilines is 1. The fourth-order valence-electron chi connectivity index (χ4n) is 2.31. The lowest BCUT2D eigenvalue weighted by Gasteiger charge is -2.12. The van der Waals surface area contributed by atoms with Gasteiger partial charge in [0.2, 0.25) is 11.1 Å². The van der Waals surface area contributed by atoms with E-state index in [-0.39, 0.29) is 5.69 Å². The van der Waals surface area contributed by atoms with Crippen LogP contribution in [0.15, 0.2) is 41.6 Å². The van der Waals surface area contributed by atoms with Gasteiger partial charge in [-0.3, -0.25) is 4.79 Å². The van der Waals surface area contributed by atoms with Crippen LogP contribution in [-0.4, -0.2) is 31.4 Å². The molecule has 0 spiro atoms. The van der Waals surface area contributed by atoms with E-state index in [2.05, 4.69) is 20.8 Å². The largest absolute Gasteiger partial charge is 0.323 e. The SMILES string of the molecule is Cc1ccc(-n2nnnc2S[C@H](C)C(=O)Nc2ccc(F)cc2F)cc1C. The highest BCUT2D eigenvalue weighted by atomic mass is 32.2. The summed E-state index contributed by atoms with van der Waals surface area (Å²) in [6.07, 6.45) is 0. The molecule has 140 valence electrons. The van der Waals surface area contributed by atoms with E-state index in [1.54, 1.807) is 11.6 Å². The number of halogens is 2. The summed E-state index contributed by atoms with van der Waals surface area (Å²) in [5.41, 5.74) is 2.94. The lowest BCUT2D eigenvalue weighted by Crippen LogP contribution is -2.23. The van der Waals surface area contributed by atoms with Crippen molar-refractivity contribution in [1.82, 2.24) is 20.2 Å². The first kappa shape index (κ1) is 19.0. The van der Waals surface area contributed by atoms with Crippen molar-refractivity contribution in [2.45, 2.75) is 31.2 Å². The van der Waals surface area contributed by atoms with Crippen LogP contribution in [-0.2, 0) is 4.79 Å². The molecule has 3 rings (SSSR count). The minimum atomic E-state index is -0.833. The van der Waals surface area contributed by atoms with Gasteiger partial charge in [-0.25, -0.2) is 8.78 Å². The van der Waals surface area contributed by atoms with Gasteiger partial charge >= 0.3 is 0 Å². The first-order valence-corrected chi connectivity index (χ1v) is 9.01. The van der Waals surface area contributed by atoms with E-state index >= 15 is 0 Å². The van der Waals surface area contributed by atoms with Gasteiger partial charge in [0.15, 0.2) is 0 Å². The number of aryl methyl sites for hydroxylation is 2. The highest BCUT2D eigenvalue weighted by molar-refractivity contribution is 8.00. The molecule has 1 aromatic heterocycles. The van der Waals surface area contributed by atoms with Crippen LogP contribution in [0.25, 0.3) is 5.69 Å². The highest BCUT2D eigenvalue weighted by Crippen LogP contribution is 2.25. The second-order valence-corrected chi connectivity index (χ2v) is 7.32. The minimum absolute atomic E-state index is 0.0809. The molecule has 9 heteroatoms. The van der Waals surface area contributed by atoms with Crippen LogP contribution >= 0.6 is 11.8 Å². The zero-order valence-electron chi connectivity index (χ0n) is 14.9. The zero-order valence-corrected chi connectivity index (χ0v) is 15.7. The molecule has 0 saturated heterocycles. The molecule has 3 aromatic rings. The molecule has 0 aliphatic heterocycles. The molecule has 0 saturated carbocycles. The summed E-state index contributed by atoms with van der Waals surface area (Å²) in [4.78, 5) is 12.4. The van der Waals surface area contributed by atoms with Gasteiger partial charge in [-0.1, -0.05) is 17.8 Å². The molecule has 6 nitrogen and oxygen atoms in total. The van der Waals surface area contributed by atoms with Gasteiger partial charge in [-0.2, -0.15) is 4.68 Å². The standard InChI is InChI=1S/C18H17F2N5OS/c1-10-4-6-14(8-11(10)2)25-18(22-23-24-25)27-12(3)17(26)21-16-7-5-13(19)9-15(16)20/h4-9,12H,1-3H3,(H,21,26)/t12-/m1/s1. The van der Waals surface area contributed by atoms with Gasteiger partial charge in [0.25, 0.3) is 0 Å². The van der Waals surface area contributed by atoms with E-state index in [0.29, 0.717) is 11.2 Å². The van der Waals surface area contributed by atoms with E-state index < -0.39 is 22.8 Å². The average molecular weight is 389 g/mol. The van der Waals surface area contributed by atoms with Crippen molar-refractivity contribution in [2.75, 3.05) is 5.32 Å². The molecule has 0 radical (unpaired) electrons. The predicted molar refractivity (Wildman–Crippen MR) is 98.9 cm³/mol. The van der Waals surface area contributed by atoms with Crippen molar-refractivity contribution in [2.24, 2.45) is 0 Å². The number of benzene rings is 2. The van der Waals surface area contributed by atoms with Crippen molar-refractivity contribution < 1.29 is 13.6 Å². The fourth-order valence-corrected chi connectivity index (χ4v) is 3.12. The Kier molecular flexibility index (Phi) is 5.50. The Morgan fingerprint density at radius 3 is 2.63 bits per heavy atom. The molecule has 1 amide bonds. The number of tetrazole rings is 1. The quantitative estimate of drug-likeness (QED) is 0.674. The molecule has 1 heterocycles. The Morgan fingerprint density at radius 1 is 1.15 bits per heavy atom. The number of carbonyl (C=O) groups is 1. The van der Waals surface area contributed by atoms with E-state index in [9.17, 15) is 13.6 Å². The van der Waals surface area contributed by atoms with E-state index in [0.717, 1.165) is 34.6 Å². The third-order valence-corrected chi connectivity index (χ3v) is 5.05. The molecular formula is C18H17F2N5OS. The molecule has 0 aliphatic rings. The van der Waals surface area contributed by atoms with Crippen molar-refractivity contribution in [1.29, 1.82) is 0 Å². The molecule has 0 bridgehead atoms. The number of carbonyl (C=O) groups excluding carboxylic acids is 1. The number of hydrogen-bond acceptors (Lipinski definition) is 5. The van der Waals surface area contributed by atoms with Gasteiger partial charge in [-0.15, -0.1) is 5.10 Å². The molecule has 0 fully saturated rings. The maximum absolute atomic E-state index is 13.7. The summed E-state index contributed by atoms with van der Waals surface area (Å²) in [5.74, 6) is -1.99. The number of aromatic nitrogens is 4. The smallest absolute Gasteiger partial charge is 0.237 e. The lowest BCUT2D eigenvalue weighted by molar-refractivity contribution is -0.115. The number of nitrogens with zero attached hydrogens (tertiary/aromatic N) is 4. The Balaban J connectivity index is 1.74. The van der Waals surface area contributed by atoms with Crippen LogP contribution in [0.1, 0.15) is 18.1 Å². The third kappa shape index (κ3) is 4.30. The Hall–Kier alpha value is -2.81. The summed E-state index contributed by atoms with van der Waals surface area (Å²) in [7, 11) is 0. The van der Waals surface area contributed by atoms with Crippen molar-refractivity contribution in [3.05, 3.63) is 59.2 Å². The van der Waals surface area contributed by atoms with Gasteiger partial charge in [-0.05, 0) is 66.6 Å². The molecule has 1 atom stereocenters. The number of nitrogens with one attached hydrogen (secondary N) is 1. The van der Waals surface area contributed by atoms with Gasteiger partial charge in [0, 0.05) is 6.07 Å². The Bertz CT molecular complexity index is 992. The van der Waals surface area contributed by atoms with E-state index in [1.165, 1.54) is 6.07 Å². The second kappa shape index (κ2) is 7.83. The summed E-state index contributed by atoms with van der Waals surface area (Å²) in [6.45, 7) is 5.65. The van der Waals surface area contributed by atoms with Crippen LogP contribution in [0.5, 0.6) is 0 Å². The number of rotatable bonds is 5. The van der Waals surface area contributed by atoms with Crippen molar-refractivity contribution >= 4 is 23.4 Å². The summed E-state index contributed by atoms with van der Waals surface area (Å²) >= 11 is 1.14. The topological polar surface area (TPSA) is 72.7 Å². The molecule has 1 N–H and O–H groups in total. The first-order chi connectivity index (χ1) is 12.8. The van der Waals surface area contributed by atoms with Crippen LogP contribution in [0.4, 0.5) is 14.5 Å². The predicted octanol–water partition coefficient (Wildman–Crippen LogP) is 3.68. The molecular weight excluding hydrogens is 372 g/mol. The normalized spacial score (nSPS) is 12.0. The highest BCUT2D eigenvalue weighted by Gasteiger charge is 2.20. The van der Waals surface area contributed by atoms with Gasteiger partial charge < -0.3 is 5.32 Å². The van der Waals surface area contributed by atoms with Crippen molar-refractivity contribution in [3.63, 3.8) is 0 Å². The summed E-state index contributed by atoms with van der Waals surface area (Å²) in [6, 6.07) is 8.79. The van der Waals surface area contributed by atoms with Gasteiger partial charge in [0.1, 0.15) is 11.6 Å². The molecule has 2 aromatic carbocycles. The van der Waals surface area contributed by atoms with Gasteiger partial charge in [0.05, 0.1) is 16.6 Å². The lowest BCUT2D eigenvalue weighted by atomic mass is 10.1. The maximum atomic E-state index is 13.7. The summed E-state index contributed by atoms with van der Waals surface area (Å²) < 4.78 is 28.2. The average Bonchev–Trinajstić information content (AvgIpc) is 3.07. The van der Waals surface area contributed by atoms with Crippen LogP contribution in [0, 0.1) is 25.5 Å². The molecule has 0 aliphatic carbocycles. The summed E-state index contributed by atoms with van der Waals surface area (Å²) in [5, 5.41) is 13.9. The van der Waals surface area contributed by atoms with Crippen LogP contribution in [0.2, 0.25) is 0 Å². The second-order valence-electron chi connectivity index (χ2n) is 6.02. The molecule has 27 heavy (non-hydrogen) atoms. The van der Waals surface area contributed by atoms with Crippen LogP contribution < -0.4 is 5.32 Å². The third-order valence-electron chi connectivity index (χ3n) is 4.02. The Labute approximate surface area is 159 Å². The zero-order chi connectivity index (χ0) is 19.6. The van der Waals surface area contributed by atoms with E-state index in [4.69, 9.17) is 0 Å². The number of thioether (sulfide) groups is 1. The molecule has 0 unspecified atom stereocenters. The van der Waals surface area contributed by atoms with Crippen LogP contribution in [0.3, 0.4) is 0 Å². The number of hydrogen-bond donors (Lipinski definition) is 1. The fraction of sp³-hybridized carbons (Fsp3) is 0.222. The number of amides is 1. The Morgan fingerprint density at radius 2 is 1.93 bits per heavy atom. The maximum Gasteiger partial charge on any atom is 0.237 e. The van der Waals surface area contributed by atoms with Crippen molar-refractivity contribution in [3.8, 4) is 5.69 Å². The minimum Gasteiger partial charge on any atom is -0.323 e.